The van der Waals surface area contributed by atoms with E-state index < -0.39 is 10.2 Å². The summed E-state index contributed by atoms with van der Waals surface area (Å²) in [6.07, 6.45) is 4.33. The van der Waals surface area contributed by atoms with Crippen molar-refractivity contribution in [3.05, 3.63) is 53.3 Å². The largest absolute Gasteiger partial charge is 0.274 e. The van der Waals surface area contributed by atoms with Crippen molar-refractivity contribution in [1.82, 2.24) is 14.5 Å². The van der Waals surface area contributed by atoms with E-state index in [1.165, 1.54) is 5.56 Å². The lowest BCUT2D eigenvalue weighted by atomic mass is 9.94. The van der Waals surface area contributed by atoms with Gasteiger partial charge in [0.05, 0.1) is 18.8 Å². The number of fused-ring (bicyclic) bond motifs is 1. The van der Waals surface area contributed by atoms with Crippen molar-refractivity contribution >= 4 is 10.2 Å². The van der Waals surface area contributed by atoms with Crippen LogP contribution in [-0.4, -0.2) is 18.2 Å². The van der Waals surface area contributed by atoms with E-state index in [4.69, 9.17) is 5.14 Å². The molecule has 0 amide bonds. The maximum absolute atomic E-state index is 11.2. The fourth-order valence-electron chi connectivity index (χ4n) is 2.83. The predicted octanol–water partition coefficient (Wildman–Crippen LogP) is 1.10. The summed E-state index contributed by atoms with van der Waals surface area (Å²) in [5, 5.41) is 9.50. The molecule has 1 aliphatic carbocycles. The highest BCUT2D eigenvalue weighted by molar-refractivity contribution is 7.87. The van der Waals surface area contributed by atoms with Crippen LogP contribution >= 0.6 is 0 Å². The second-order valence-corrected chi connectivity index (χ2v) is 6.62. The van der Waals surface area contributed by atoms with Crippen LogP contribution < -0.4 is 9.86 Å². The molecule has 1 unspecified atom stereocenters. The number of nitrogens with two attached hydrogens (primary N) is 1. The van der Waals surface area contributed by atoms with Gasteiger partial charge in [-0.15, -0.1) is 0 Å². The number of rotatable bonds is 4. The molecule has 3 N–H and O–H groups in total. The van der Waals surface area contributed by atoms with Gasteiger partial charge in [0, 0.05) is 11.3 Å². The molecule has 0 saturated carbocycles. The molecule has 0 bridgehead atoms. The molecule has 1 atom stereocenters. The van der Waals surface area contributed by atoms with Crippen molar-refractivity contribution in [3.8, 4) is 0 Å². The van der Waals surface area contributed by atoms with Crippen LogP contribution in [0.15, 0.2) is 36.5 Å². The van der Waals surface area contributed by atoms with E-state index in [2.05, 4.69) is 22.0 Å². The fourth-order valence-corrected chi connectivity index (χ4v) is 3.47. The number of benzene rings is 1. The van der Waals surface area contributed by atoms with Gasteiger partial charge in [0.25, 0.3) is 10.2 Å². The van der Waals surface area contributed by atoms with Gasteiger partial charge in [0.1, 0.15) is 0 Å². The molecule has 6 nitrogen and oxygen atoms in total. The van der Waals surface area contributed by atoms with Crippen LogP contribution in [0.3, 0.4) is 0 Å². The first-order chi connectivity index (χ1) is 10.0. The Bertz CT molecular complexity index is 725. The summed E-state index contributed by atoms with van der Waals surface area (Å²) < 4.78 is 26.9. The van der Waals surface area contributed by atoms with Crippen molar-refractivity contribution in [3.63, 3.8) is 0 Å². The topological polar surface area (TPSA) is 90.0 Å². The molecule has 2 aromatic rings. The summed E-state index contributed by atoms with van der Waals surface area (Å²) in [4.78, 5) is 0. The van der Waals surface area contributed by atoms with Crippen LogP contribution in [0.4, 0.5) is 0 Å². The second kappa shape index (κ2) is 5.59. The zero-order chi connectivity index (χ0) is 14.9. The summed E-state index contributed by atoms with van der Waals surface area (Å²) in [5.41, 5.74) is 3.20. The Morgan fingerprint density at radius 2 is 2.10 bits per heavy atom. The molecule has 0 spiro atoms. The zero-order valence-electron chi connectivity index (χ0n) is 11.6. The highest BCUT2D eigenvalue weighted by Crippen LogP contribution is 2.30. The standard InChI is InChI=1S/C14H18N4O2S/c15-21(19,20)17-13-7-4-8-14-12(13)9-16-18(14)10-11-5-2-1-3-6-11/h1-3,5-6,9,13,17H,4,7-8,10H2,(H2,15,19,20). The van der Waals surface area contributed by atoms with E-state index in [-0.39, 0.29) is 6.04 Å². The summed E-state index contributed by atoms with van der Waals surface area (Å²) in [7, 11) is -3.70. The quantitative estimate of drug-likeness (QED) is 0.886. The molecule has 1 aromatic heterocycles. The van der Waals surface area contributed by atoms with Gasteiger partial charge in [-0.05, 0) is 24.8 Å². The van der Waals surface area contributed by atoms with Crippen LogP contribution in [0.2, 0.25) is 0 Å². The van der Waals surface area contributed by atoms with E-state index in [9.17, 15) is 8.42 Å². The number of aromatic nitrogens is 2. The van der Waals surface area contributed by atoms with E-state index in [0.29, 0.717) is 6.54 Å². The molecule has 0 radical (unpaired) electrons. The number of hydrogen-bond donors (Lipinski definition) is 2. The van der Waals surface area contributed by atoms with E-state index in [1.807, 2.05) is 22.9 Å². The molecule has 0 fully saturated rings. The third-order valence-electron chi connectivity index (χ3n) is 3.74. The normalized spacial score (nSPS) is 18.4. The van der Waals surface area contributed by atoms with E-state index in [0.717, 1.165) is 30.5 Å². The Labute approximate surface area is 124 Å². The van der Waals surface area contributed by atoms with Crippen molar-refractivity contribution < 1.29 is 8.42 Å². The van der Waals surface area contributed by atoms with Crippen LogP contribution in [0.1, 0.15) is 35.7 Å². The number of nitrogens with one attached hydrogen (secondary N) is 1. The van der Waals surface area contributed by atoms with E-state index >= 15 is 0 Å². The first-order valence-electron chi connectivity index (χ1n) is 6.91. The monoisotopic (exact) mass is 306 g/mol. The van der Waals surface area contributed by atoms with Gasteiger partial charge in [0.15, 0.2) is 0 Å². The first kappa shape index (κ1) is 14.2. The molecule has 21 heavy (non-hydrogen) atoms. The fraction of sp³-hybridized carbons (Fsp3) is 0.357. The molecule has 1 aromatic carbocycles. The van der Waals surface area contributed by atoms with Crippen molar-refractivity contribution in [2.75, 3.05) is 0 Å². The lowest BCUT2D eigenvalue weighted by molar-refractivity contribution is 0.494. The summed E-state index contributed by atoms with van der Waals surface area (Å²) in [6, 6.07) is 9.81. The zero-order valence-corrected chi connectivity index (χ0v) is 12.4. The van der Waals surface area contributed by atoms with Crippen LogP contribution in [0.5, 0.6) is 0 Å². The predicted molar refractivity (Wildman–Crippen MR) is 79.7 cm³/mol. The molecule has 0 saturated heterocycles. The van der Waals surface area contributed by atoms with Gasteiger partial charge in [-0.1, -0.05) is 30.3 Å². The molecular formula is C14H18N4O2S. The van der Waals surface area contributed by atoms with Gasteiger partial charge in [-0.3, -0.25) is 4.68 Å². The van der Waals surface area contributed by atoms with Gasteiger partial charge in [0.2, 0.25) is 0 Å². The Balaban J connectivity index is 1.86. The minimum Gasteiger partial charge on any atom is -0.265 e. The first-order valence-corrected chi connectivity index (χ1v) is 8.46. The molecule has 1 aliphatic rings. The lowest BCUT2D eigenvalue weighted by Gasteiger charge is -2.23. The smallest absolute Gasteiger partial charge is 0.265 e. The van der Waals surface area contributed by atoms with Gasteiger partial charge < -0.3 is 0 Å². The minimum absolute atomic E-state index is 0.270. The summed E-state index contributed by atoms with van der Waals surface area (Å²) >= 11 is 0. The van der Waals surface area contributed by atoms with Crippen LogP contribution in [-0.2, 0) is 23.2 Å². The maximum Gasteiger partial charge on any atom is 0.274 e. The maximum atomic E-state index is 11.2. The number of hydrogen-bond acceptors (Lipinski definition) is 3. The third-order valence-corrected chi connectivity index (χ3v) is 4.36. The van der Waals surface area contributed by atoms with Crippen molar-refractivity contribution in [1.29, 1.82) is 0 Å². The molecule has 112 valence electrons. The van der Waals surface area contributed by atoms with Gasteiger partial charge in [-0.2, -0.15) is 18.2 Å². The van der Waals surface area contributed by atoms with Crippen LogP contribution in [0, 0.1) is 0 Å². The van der Waals surface area contributed by atoms with Crippen LogP contribution in [0.25, 0.3) is 0 Å². The highest BCUT2D eigenvalue weighted by atomic mass is 32.2. The minimum atomic E-state index is -3.70. The molecule has 1 heterocycles. The molecule has 7 heteroatoms. The summed E-state index contributed by atoms with van der Waals surface area (Å²) in [5.74, 6) is 0. The third kappa shape index (κ3) is 3.31. The Morgan fingerprint density at radius 1 is 1.33 bits per heavy atom. The molecular weight excluding hydrogens is 288 g/mol. The van der Waals surface area contributed by atoms with Crippen molar-refractivity contribution in [2.24, 2.45) is 5.14 Å². The van der Waals surface area contributed by atoms with Crippen molar-refractivity contribution in [2.45, 2.75) is 31.8 Å². The molecule has 0 aliphatic heterocycles. The average molecular weight is 306 g/mol. The Kier molecular flexibility index (Phi) is 3.79. The highest BCUT2D eigenvalue weighted by Gasteiger charge is 2.26. The van der Waals surface area contributed by atoms with E-state index in [1.54, 1.807) is 6.20 Å². The lowest BCUT2D eigenvalue weighted by Crippen LogP contribution is -2.35. The second-order valence-electron chi connectivity index (χ2n) is 5.30. The van der Waals surface area contributed by atoms with Gasteiger partial charge >= 0.3 is 0 Å². The Morgan fingerprint density at radius 3 is 2.81 bits per heavy atom. The Hall–Kier alpha value is -1.70. The van der Waals surface area contributed by atoms with Gasteiger partial charge in [-0.25, -0.2) is 5.14 Å². The average Bonchev–Trinajstić information content (AvgIpc) is 2.83. The summed E-state index contributed by atoms with van der Waals surface area (Å²) in [6.45, 7) is 0.693. The number of nitrogens with zero attached hydrogens (tertiary/aromatic N) is 2. The molecule has 3 rings (SSSR count). The SMILES string of the molecule is NS(=O)(=O)NC1CCCc2c1cnn2Cc1ccccc1.